The maximum absolute atomic E-state index is 13.0. The van der Waals surface area contributed by atoms with Gasteiger partial charge < -0.3 is 4.74 Å². The molecular formula is C19H19ClFN3O5S. The van der Waals surface area contributed by atoms with Crippen molar-refractivity contribution in [2.75, 3.05) is 19.7 Å². The molecule has 0 bridgehead atoms. The molecule has 1 aliphatic heterocycles. The van der Waals surface area contributed by atoms with Crippen molar-refractivity contribution in [3.63, 3.8) is 0 Å². The minimum Gasteiger partial charge on any atom is -0.482 e. The van der Waals surface area contributed by atoms with Gasteiger partial charge in [0.15, 0.2) is 6.61 Å². The van der Waals surface area contributed by atoms with Crippen LogP contribution in [0, 0.1) is 5.82 Å². The highest BCUT2D eigenvalue weighted by atomic mass is 35.5. The van der Waals surface area contributed by atoms with Crippen LogP contribution in [0.2, 0.25) is 5.02 Å². The first kappa shape index (κ1) is 22.0. The van der Waals surface area contributed by atoms with Gasteiger partial charge in [0.05, 0.1) is 9.92 Å². The van der Waals surface area contributed by atoms with Gasteiger partial charge in [-0.2, -0.15) is 4.31 Å². The average Bonchev–Trinajstić information content (AvgIpc) is 3.27. The summed E-state index contributed by atoms with van der Waals surface area (Å²) < 4.78 is 44.5. The number of carbonyl (C=O) groups is 2. The largest absolute Gasteiger partial charge is 0.482 e. The van der Waals surface area contributed by atoms with Gasteiger partial charge in [-0.25, -0.2) is 12.8 Å². The molecule has 0 aliphatic carbocycles. The van der Waals surface area contributed by atoms with Crippen molar-refractivity contribution in [1.29, 1.82) is 0 Å². The lowest BCUT2D eigenvalue weighted by atomic mass is 10.2. The van der Waals surface area contributed by atoms with Gasteiger partial charge in [0, 0.05) is 18.7 Å². The summed E-state index contributed by atoms with van der Waals surface area (Å²) in [5, 5.41) is 0.0100. The van der Waals surface area contributed by atoms with Crippen molar-refractivity contribution in [3.8, 4) is 5.75 Å². The van der Waals surface area contributed by atoms with Crippen LogP contribution in [0.1, 0.15) is 23.2 Å². The van der Waals surface area contributed by atoms with E-state index in [1.54, 1.807) is 0 Å². The van der Waals surface area contributed by atoms with E-state index in [0.29, 0.717) is 13.1 Å². The number of benzene rings is 2. The van der Waals surface area contributed by atoms with E-state index in [-0.39, 0.29) is 21.2 Å². The Hall–Kier alpha value is -2.69. The first-order valence-electron chi connectivity index (χ1n) is 9.04. The minimum absolute atomic E-state index is 0.0100. The number of hydrogen-bond acceptors (Lipinski definition) is 5. The molecule has 11 heteroatoms. The molecule has 0 unspecified atom stereocenters. The molecule has 3 rings (SSSR count). The average molecular weight is 456 g/mol. The fraction of sp³-hybridized carbons (Fsp3) is 0.263. The molecule has 0 atom stereocenters. The summed E-state index contributed by atoms with van der Waals surface area (Å²) >= 11 is 5.79. The predicted octanol–water partition coefficient (Wildman–Crippen LogP) is 2.10. The maximum Gasteiger partial charge on any atom is 0.276 e. The normalized spacial score (nSPS) is 14.3. The molecule has 2 aromatic carbocycles. The van der Waals surface area contributed by atoms with Crippen LogP contribution in [-0.2, 0) is 14.8 Å². The predicted molar refractivity (Wildman–Crippen MR) is 107 cm³/mol. The molecule has 1 aliphatic rings. The molecule has 2 aromatic rings. The van der Waals surface area contributed by atoms with E-state index in [4.69, 9.17) is 16.3 Å². The molecular weight excluding hydrogens is 437 g/mol. The summed E-state index contributed by atoms with van der Waals surface area (Å²) in [7, 11) is -3.57. The Kier molecular flexibility index (Phi) is 6.91. The molecule has 2 N–H and O–H groups in total. The van der Waals surface area contributed by atoms with Gasteiger partial charge in [0.1, 0.15) is 11.6 Å². The van der Waals surface area contributed by atoms with Crippen LogP contribution < -0.4 is 15.6 Å². The number of hydrazine groups is 1. The minimum atomic E-state index is -3.57. The Morgan fingerprint density at radius 2 is 1.73 bits per heavy atom. The first-order chi connectivity index (χ1) is 14.3. The van der Waals surface area contributed by atoms with Crippen LogP contribution in [0.15, 0.2) is 47.4 Å². The maximum atomic E-state index is 13.0. The summed E-state index contributed by atoms with van der Waals surface area (Å²) in [6.45, 7) is 0.516. The van der Waals surface area contributed by atoms with Gasteiger partial charge in [-0.1, -0.05) is 11.6 Å². The van der Waals surface area contributed by atoms with E-state index >= 15 is 0 Å². The quantitative estimate of drug-likeness (QED) is 0.649. The number of nitrogens with zero attached hydrogens (tertiary/aromatic N) is 1. The Labute approximate surface area is 178 Å². The van der Waals surface area contributed by atoms with E-state index in [1.165, 1.54) is 34.6 Å². The lowest BCUT2D eigenvalue weighted by Gasteiger charge is -2.15. The topological polar surface area (TPSA) is 105 Å². The van der Waals surface area contributed by atoms with Gasteiger partial charge in [0.2, 0.25) is 10.0 Å². The van der Waals surface area contributed by atoms with Crippen molar-refractivity contribution in [3.05, 3.63) is 58.9 Å². The number of halogens is 2. The second kappa shape index (κ2) is 9.41. The number of sulfonamides is 1. The second-order valence-corrected chi connectivity index (χ2v) is 8.85. The molecule has 160 valence electrons. The summed E-state index contributed by atoms with van der Waals surface area (Å²) in [5.41, 5.74) is 4.53. The molecule has 1 saturated heterocycles. The number of ether oxygens (including phenoxy) is 1. The molecule has 0 saturated carbocycles. The number of rotatable bonds is 6. The van der Waals surface area contributed by atoms with E-state index < -0.39 is 34.3 Å². The third-order valence-corrected chi connectivity index (χ3v) is 6.60. The van der Waals surface area contributed by atoms with E-state index in [1.807, 2.05) is 0 Å². The van der Waals surface area contributed by atoms with Crippen LogP contribution in [-0.4, -0.2) is 44.2 Å². The van der Waals surface area contributed by atoms with Gasteiger partial charge in [-0.05, 0) is 55.3 Å². The molecule has 1 heterocycles. The van der Waals surface area contributed by atoms with Crippen LogP contribution in [0.3, 0.4) is 0 Å². The smallest absolute Gasteiger partial charge is 0.276 e. The Morgan fingerprint density at radius 3 is 2.37 bits per heavy atom. The second-order valence-electron chi connectivity index (χ2n) is 6.50. The Balaban J connectivity index is 1.51. The summed E-state index contributed by atoms with van der Waals surface area (Å²) in [6, 6.07) is 8.88. The van der Waals surface area contributed by atoms with Crippen LogP contribution in [0.5, 0.6) is 5.75 Å². The van der Waals surface area contributed by atoms with Crippen LogP contribution in [0.4, 0.5) is 4.39 Å². The molecule has 0 radical (unpaired) electrons. The molecule has 2 amide bonds. The summed E-state index contributed by atoms with van der Waals surface area (Å²) in [5.74, 6) is -1.72. The number of amides is 2. The van der Waals surface area contributed by atoms with Crippen molar-refractivity contribution < 1.29 is 27.1 Å². The highest BCUT2D eigenvalue weighted by molar-refractivity contribution is 7.89. The fourth-order valence-corrected chi connectivity index (χ4v) is 4.56. The highest BCUT2D eigenvalue weighted by Gasteiger charge is 2.27. The van der Waals surface area contributed by atoms with Crippen molar-refractivity contribution in [2.45, 2.75) is 17.7 Å². The zero-order valence-electron chi connectivity index (χ0n) is 15.7. The zero-order valence-corrected chi connectivity index (χ0v) is 17.3. The number of hydrogen-bond donors (Lipinski definition) is 2. The van der Waals surface area contributed by atoms with Gasteiger partial charge in [-0.15, -0.1) is 0 Å². The number of nitrogens with one attached hydrogen (secondary N) is 2. The van der Waals surface area contributed by atoms with Gasteiger partial charge in [0.25, 0.3) is 11.8 Å². The van der Waals surface area contributed by atoms with Gasteiger partial charge in [-0.3, -0.25) is 20.4 Å². The molecule has 0 aromatic heterocycles. The Morgan fingerprint density at radius 1 is 1.07 bits per heavy atom. The molecule has 30 heavy (non-hydrogen) atoms. The van der Waals surface area contributed by atoms with Crippen LogP contribution >= 0.6 is 11.6 Å². The third kappa shape index (κ3) is 5.26. The van der Waals surface area contributed by atoms with Crippen molar-refractivity contribution in [2.24, 2.45) is 0 Å². The zero-order chi connectivity index (χ0) is 21.7. The van der Waals surface area contributed by atoms with E-state index in [2.05, 4.69) is 10.9 Å². The summed E-state index contributed by atoms with van der Waals surface area (Å²) in [6.07, 6.45) is 1.66. The van der Waals surface area contributed by atoms with Crippen molar-refractivity contribution >= 4 is 33.4 Å². The van der Waals surface area contributed by atoms with Gasteiger partial charge >= 0.3 is 0 Å². The summed E-state index contributed by atoms with van der Waals surface area (Å²) in [4.78, 5) is 24.1. The SMILES string of the molecule is O=C(COc1ccc(F)cc1Cl)NNC(=O)c1ccc(S(=O)(=O)N2CCCC2)cc1. The molecule has 8 nitrogen and oxygen atoms in total. The monoisotopic (exact) mass is 455 g/mol. The molecule has 1 fully saturated rings. The first-order valence-corrected chi connectivity index (χ1v) is 10.9. The Bertz CT molecular complexity index is 1040. The third-order valence-electron chi connectivity index (χ3n) is 4.39. The van der Waals surface area contributed by atoms with Crippen molar-refractivity contribution in [1.82, 2.24) is 15.2 Å². The number of carbonyl (C=O) groups excluding carboxylic acids is 2. The fourth-order valence-electron chi connectivity index (χ4n) is 2.83. The highest BCUT2D eigenvalue weighted by Crippen LogP contribution is 2.24. The van der Waals surface area contributed by atoms with E-state index in [9.17, 15) is 22.4 Å². The molecule has 0 spiro atoms. The lowest BCUT2D eigenvalue weighted by Crippen LogP contribution is -2.43. The van der Waals surface area contributed by atoms with E-state index in [0.717, 1.165) is 25.0 Å². The standard InChI is InChI=1S/C19H19ClFN3O5S/c20-16-11-14(21)5-8-17(16)29-12-18(25)22-23-19(26)13-3-6-15(7-4-13)30(27,28)24-9-1-2-10-24/h3-8,11H,1-2,9-10,12H2,(H,22,25)(H,23,26). The lowest BCUT2D eigenvalue weighted by molar-refractivity contribution is -0.123. The van der Waals surface area contributed by atoms with Crippen LogP contribution in [0.25, 0.3) is 0 Å².